The lowest BCUT2D eigenvalue weighted by molar-refractivity contribution is -0.121. The minimum Gasteiger partial charge on any atom is -0.493 e. The number of nitrogens with two attached hydrogens (primary N) is 1. The average molecular weight is 250 g/mol. The van der Waals surface area contributed by atoms with Crippen LogP contribution in [0.4, 0.5) is 0 Å². The Morgan fingerprint density at radius 2 is 2.06 bits per heavy atom. The predicted octanol–water partition coefficient (Wildman–Crippen LogP) is 2.05. The number of hydrazine groups is 1. The molecule has 0 aromatic heterocycles. The van der Waals surface area contributed by atoms with Crippen molar-refractivity contribution >= 4 is 5.91 Å². The van der Waals surface area contributed by atoms with E-state index >= 15 is 0 Å². The molecule has 1 rings (SSSR count). The van der Waals surface area contributed by atoms with Crippen molar-refractivity contribution in [2.45, 2.75) is 39.5 Å². The van der Waals surface area contributed by atoms with Gasteiger partial charge in [0.1, 0.15) is 5.75 Å². The van der Waals surface area contributed by atoms with Crippen molar-refractivity contribution in [3.8, 4) is 5.75 Å². The molecule has 0 atom stereocenters. The van der Waals surface area contributed by atoms with Gasteiger partial charge in [0, 0.05) is 0 Å². The van der Waals surface area contributed by atoms with E-state index in [0.717, 1.165) is 11.3 Å². The van der Waals surface area contributed by atoms with Crippen molar-refractivity contribution in [3.05, 3.63) is 29.3 Å². The number of benzene rings is 1. The van der Waals surface area contributed by atoms with Gasteiger partial charge in [-0.1, -0.05) is 32.9 Å². The third-order valence-electron chi connectivity index (χ3n) is 2.79. The highest BCUT2D eigenvalue weighted by atomic mass is 16.5. The SMILES string of the molecule is Cc1cc(C(C)(C)C)ccc1OCCC(=O)NN. The van der Waals surface area contributed by atoms with E-state index < -0.39 is 0 Å². The lowest BCUT2D eigenvalue weighted by atomic mass is 9.86. The van der Waals surface area contributed by atoms with Gasteiger partial charge in [-0.2, -0.15) is 0 Å². The zero-order chi connectivity index (χ0) is 13.8. The number of hydrogen-bond donors (Lipinski definition) is 2. The summed E-state index contributed by atoms with van der Waals surface area (Å²) in [7, 11) is 0. The zero-order valence-electron chi connectivity index (χ0n) is 11.5. The minimum absolute atomic E-state index is 0.128. The number of nitrogens with one attached hydrogen (secondary N) is 1. The van der Waals surface area contributed by atoms with Gasteiger partial charge in [-0.25, -0.2) is 5.84 Å². The Labute approximate surface area is 108 Å². The fraction of sp³-hybridized carbons (Fsp3) is 0.500. The van der Waals surface area contributed by atoms with E-state index in [1.54, 1.807) is 0 Å². The van der Waals surface area contributed by atoms with E-state index in [4.69, 9.17) is 10.6 Å². The summed E-state index contributed by atoms with van der Waals surface area (Å²) in [5, 5.41) is 0. The minimum atomic E-state index is -0.223. The first kappa shape index (κ1) is 14.5. The number of carbonyl (C=O) groups is 1. The Hall–Kier alpha value is -1.55. The summed E-state index contributed by atoms with van der Waals surface area (Å²) in [6, 6.07) is 6.14. The van der Waals surface area contributed by atoms with Crippen LogP contribution < -0.4 is 16.0 Å². The van der Waals surface area contributed by atoms with Gasteiger partial charge in [0.25, 0.3) is 0 Å². The molecule has 0 heterocycles. The van der Waals surface area contributed by atoms with E-state index in [-0.39, 0.29) is 17.7 Å². The lowest BCUT2D eigenvalue weighted by Crippen LogP contribution is -2.31. The Balaban J connectivity index is 2.66. The lowest BCUT2D eigenvalue weighted by Gasteiger charge is -2.20. The first-order valence-corrected chi connectivity index (χ1v) is 6.08. The van der Waals surface area contributed by atoms with Crippen molar-refractivity contribution in [3.63, 3.8) is 0 Å². The maximum absolute atomic E-state index is 11.0. The molecule has 0 fully saturated rings. The summed E-state index contributed by atoms with van der Waals surface area (Å²) >= 11 is 0. The Bertz CT molecular complexity index is 422. The average Bonchev–Trinajstić information content (AvgIpc) is 2.29. The van der Waals surface area contributed by atoms with Crippen LogP contribution in [0.5, 0.6) is 5.75 Å². The van der Waals surface area contributed by atoms with E-state index in [1.165, 1.54) is 5.56 Å². The largest absolute Gasteiger partial charge is 0.493 e. The molecule has 0 bridgehead atoms. The maximum Gasteiger partial charge on any atom is 0.237 e. The molecule has 1 amide bonds. The van der Waals surface area contributed by atoms with Gasteiger partial charge in [0.05, 0.1) is 13.0 Å². The standard InChI is InChI=1S/C14H22N2O2/c1-10-9-11(14(2,3)4)5-6-12(10)18-8-7-13(17)16-15/h5-6,9H,7-8,15H2,1-4H3,(H,16,17). The van der Waals surface area contributed by atoms with E-state index in [0.29, 0.717) is 6.61 Å². The van der Waals surface area contributed by atoms with Crippen molar-refractivity contribution in [1.82, 2.24) is 5.43 Å². The highest BCUT2D eigenvalue weighted by Crippen LogP contribution is 2.27. The molecule has 0 aliphatic heterocycles. The molecule has 3 N–H and O–H groups in total. The van der Waals surface area contributed by atoms with Crippen LogP contribution in [0.2, 0.25) is 0 Å². The van der Waals surface area contributed by atoms with Crippen molar-refractivity contribution in [2.24, 2.45) is 5.84 Å². The zero-order valence-corrected chi connectivity index (χ0v) is 11.5. The number of hydrogen-bond acceptors (Lipinski definition) is 3. The van der Waals surface area contributed by atoms with Gasteiger partial charge in [-0.15, -0.1) is 0 Å². The normalized spacial score (nSPS) is 11.2. The first-order chi connectivity index (χ1) is 8.34. The highest BCUT2D eigenvalue weighted by Gasteiger charge is 2.14. The Morgan fingerprint density at radius 3 is 2.56 bits per heavy atom. The molecule has 4 heteroatoms. The molecule has 0 spiro atoms. The molecule has 0 saturated heterocycles. The molecule has 0 aliphatic rings. The predicted molar refractivity (Wildman–Crippen MR) is 72.3 cm³/mol. The number of amides is 1. The van der Waals surface area contributed by atoms with Crippen LogP contribution in [0, 0.1) is 6.92 Å². The number of aryl methyl sites for hydroxylation is 1. The molecular weight excluding hydrogens is 228 g/mol. The molecule has 0 radical (unpaired) electrons. The van der Waals surface area contributed by atoms with Crippen molar-refractivity contribution in [1.29, 1.82) is 0 Å². The van der Waals surface area contributed by atoms with Crippen LogP contribution in [0.25, 0.3) is 0 Å². The molecule has 1 aromatic rings. The van der Waals surface area contributed by atoms with E-state index in [2.05, 4.69) is 38.3 Å². The molecule has 0 saturated carbocycles. The fourth-order valence-electron chi connectivity index (χ4n) is 1.60. The van der Waals surface area contributed by atoms with Gasteiger partial charge >= 0.3 is 0 Å². The van der Waals surface area contributed by atoms with E-state index in [9.17, 15) is 4.79 Å². The number of carbonyl (C=O) groups excluding carboxylic acids is 1. The topological polar surface area (TPSA) is 64.3 Å². The summed E-state index contributed by atoms with van der Waals surface area (Å²) in [5.41, 5.74) is 4.55. The highest BCUT2D eigenvalue weighted by molar-refractivity contribution is 5.75. The third kappa shape index (κ3) is 4.04. The Morgan fingerprint density at radius 1 is 1.39 bits per heavy atom. The molecule has 0 unspecified atom stereocenters. The summed E-state index contributed by atoms with van der Waals surface area (Å²) < 4.78 is 5.56. The molecule has 4 nitrogen and oxygen atoms in total. The molecular formula is C14H22N2O2. The van der Waals surface area contributed by atoms with Crippen LogP contribution in [0.1, 0.15) is 38.3 Å². The van der Waals surface area contributed by atoms with Crippen LogP contribution in [0.15, 0.2) is 18.2 Å². The fourth-order valence-corrected chi connectivity index (χ4v) is 1.60. The summed E-state index contributed by atoms with van der Waals surface area (Å²) in [5.74, 6) is 5.58. The summed E-state index contributed by atoms with van der Waals surface area (Å²) in [6.45, 7) is 8.86. The molecule has 0 aliphatic carbocycles. The number of rotatable bonds is 4. The van der Waals surface area contributed by atoms with Crippen molar-refractivity contribution < 1.29 is 9.53 Å². The van der Waals surface area contributed by atoms with Crippen LogP contribution in [0.3, 0.4) is 0 Å². The van der Waals surface area contributed by atoms with Gasteiger partial charge in [0.15, 0.2) is 0 Å². The van der Waals surface area contributed by atoms with Gasteiger partial charge in [-0.3, -0.25) is 10.2 Å². The smallest absolute Gasteiger partial charge is 0.237 e. The van der Waals surface area contributed by atoms with Crippen LogP contribution in [-0.2, 0) is 10.2 Å². The van der Waals surface area contributed by atoms with Gasteiger partial charge in [-0.05, 0) is 29.5 Å². The molecule has 18 heavy (non-hydrogen) atoms. The maximum atomic E-state index is 11.0. The third-order valence-corrected chi connectivity index (χ3v) is 2.79. The first-order valence-electron chi connectivity index (χ1n) is 6.08. The van der Waals surface area contributed by atoms with Gasteiger partial charge in [0.2, 0.25) is 5.91 Å². The number of ether oxygens (including phenoxy) is 1. The second kappa shape index (κ2) is 5.87. The monoisotopic (exact) mass is 250 g/mol. The van der Waals surface area contributed by atoms with Crippen LogP contribution >= 0.6 is 0 Å². The second-order valence-electron chi connectivity index (χ2n) is 5.40. The quantitative estimate of drug-likeness (QED) is 0.488. The molecule has 100 valence electrons. The van der Waals surface area contributed by atoms with Crippen molar-refractivity contribution in [2.75, 3.05) is 6.61 Å². The Kier molecular flexibility index (Phi) is 4.73. The van der Waals surface area contributed by atoms with E-state index in [1.807, 2.05) is 13.0 Å². The molecule has 1 aromatic carbocycles. The van der Waals surface area contributed by atoms with Gasteiger partial charge < -0.3 is 4.74 Å². The summed E-state index contributed by atoms with van der Waals surface area (Å²) in [6.07, 6.45) is 0.261. The summed E-state index contributed by atoms with van der Waals surface area (Å²) in [4.78, 5) is 11.0. The second-order valence-corrected chi connectivity index (χ2v) is 5.40. The van der Waals surface area contributed by atoms with Crippen LogP contribution in [-0.4, -0.2) is 12.5 Å².